The molecule has 13 heteroatoms. The van der Waals surface area contributed by atoms with Crippen LogP contribution in [0.5, 0.6) is 0 Å². The third-order valence-electron chi connectivity index (χ3n) is 5.69. The Kier molecular flexibility index (Phi) is 12.6. The second-order valence-electron chi connectivity index (χ2n) is 9.83. The highest BCUT2D eigenvalue weighted by atomic mass is 16.5. The number of aromatic nitrogens is 3. The molecule has 3 aromatic rings. The summed E-state index contributed by atoms with van der Waals surface area (Å²) in [4.78, 5) is 36.4. The largest absolute Gasteiger partial charge is 0.464 e. The van der Waals surface area contributed by atoms with Crippen LogP contribution in [0.15, 0.2) is 48.5 Å². The van der Waals surface area contributed by atoms with Crippen LogP contribution in [0.3, 0.4) is 0 Å². The maximum Gasteiger partial charge on any atom is 0.407 e. The van der Waals surface area contributed by atoms with Gasteiger partial charge in [-0.1, -0.05) is 43.8 Å². The molecule has 0 saturated heterocycles. The monoisotopic (exact) mass is 571 g/mol. The molecule has 3 rings (SSSR count). The Morgan fingerprint density at radius 3 is 2.44 bits per heavy atom. The Morgan fingerprint density at radius 1 is 1.02 bits per heavy atom. The van der Waals surface area contributed by atoms with Crippen molar-refractivity contribution >= 4 is 23.6 Å². The van der Waals surface area contributed by atoms with E-state index in [0.717, 1.165) is 5.56 Å². The van der Waals surface area contributed by atoms with Crippen LogP contribution in [0.25, 0.3) is 5.65 Å². The summed E-state index contributed by atoms with van der Waals surface area (Å²) in [5.41, 5.74) is 12.4. The molecule has 6 N–H and O–H groups in total. The van der Waals surface area contributed by atoms with Crippen molar-refractivity contribution < 1.29 is 28.6 Å². The minimum absolute atomic E-state index is 0. The van der Waals surface area contributed by atoms with Crippen LogP contribution in [-0.4, -0.2) is 63.9 Å². The molecular weight excluding hydrogens is 530 g/mol. The highest BCUT2D eigenvalue weighted by Crippen LogP contribution is 2.18. The molecule has 0 fully saturated rings. The number of nitrogens with two attached hydrogens (primary N) is 2. The molecule has 0 bridgehead atoms. The zero-order chi connectivity index (χ0) is 29.1. The van der Waals surface area contributed by atoms with Gasteiger partial charge in [0.1, 0.15) is 18.7 Å². The maximum atomic E-state index is 12.8. The third-order valence-corrected chi connectivity index (χ3v) is 5.69. The van der Waals surface area contributed by atoms with Gasteiger partial charge in [0.15, 0.2) is 11.5 Å². The smallest absolute Gasteiger partial charge is 0.407 e. The Morgan fingerprint density at radius 2 is 1.76 bits per heavy atom. The number of rotatable bonds is 14. The normalized spacial score (nSPS) is 12.6. The van der Waals surface area contributed by atoms with E-state index in [0.29, 0.717) is 30.2 Å². The average Bonchev–Trinajstić information content (AvgIpc) is 3.35. The van der Waals surface area contributed by atoms with Crippen LogP contribution in [0.2, 0.25) is 0 Å². The topological polar surface area (TPSA) is 185 Å². The molecule has 2 heterocycles. The van der Waals surface area contributed by atoms with Gasteiger partial charge in [0, 0.05) is 6.54 Å². The molecular formula is C28H41N7O6. The van der Waals surface area contributed by atoms with E-state index in [4.69, 9.17) is 25.7 Å². The van der Waals surface area contributed by atoms with Gasteiger partial charge < -0.3 is 36.3 Å². The fourth-order valence-corrected chi connectivity index (χ4v) is 3.52. The van der Waals surface area contributed by atoms with Crippen molar-refractivity contribution in [1.29, 1.82) is 0 Å². The molecule has 0 aliphatic carbocycles. The van der Waals surface area contributed by atoms with Gasteiger partial charge in [0.05, 0.1) is 31.1 Å². The van der Waals surface area contributed by atoms with Crippen LogP contribution in [-0.2, 0) is 37.0 Å². The molecule has 0 aliphatic rings. The molecule has 2 atom stereocenters. The molecule has 2 aromatic heterocycles. The average molecular weight is 572 g/mol. The van der Waals surface area contributed by atoms with Crippen molar-refractivity contribution in [2.45, 2.75) is 65.5 Å². The van der Waals surface area contributed by atoms with E-state index in [1.165, 1.54) is 6.92 Å². The van der Waals surface area contributed by atoms with Crippen LogP contribution < -0.4 is 22.1 Å². The molecule has 0 saturated carbocycles. The minimum atomic E-state index is -1.14. The molecule has 224 valence electrons. The van der Waals surface area contributed by atoms with Crippen LogP contribution in [0.4, 0.5) is 4.79 Å². The first-order chi connectivity index (χ1) is 19.1. The third kappa shape index (κ3) is 10.1. The number of ether oxygens (including phenoxy) is 3. The summed E-state index contributed by atoms with van der Waals surface area (Å²) in [7, 11) is 0. The quantitative estimate of drug-likeness (QED) is 0.165. The number of amides is 2. The highest BCUT2D eigenvalue weighted by Gasteiger charge is 2.28. The van der Waals surface area contributed by atoms with E-state index >= 15 is 0 Å². The molecule has 0 unspecified atom stereocenters. The second-order valence-corrected chi connectivity index (χ2v) is 9.83. The van der Waals surface area contributed by atoms with E-state index in [1.807, 2.05) is 30.3 Å². The molecule has 0 spiro atoms. The van der Waals surface area contributed by atoms with Gasteiger partial charge in [-0.2, -0.15) is 0 Å². The highest BCUT2D eigenvalue weighted by molar-refractivity contribution is 5.85. The van der Waals surface area contributed by atoms with Crippen molar-refractivity contribution in [1.82, 2.24) is 25.2 Å². The molecule has 13 nitrogen and oxygen atoms in total. The van der Waals surface area contributed by atoms with Crippen molar-refractivity contribution in [3.05, 3.63) is 65.6 Å². The number of carbonyl (C=O) groups excluding carboxylic acids is 3. The van der Waals surface area contributed by atoms with Gasteiger partial charge in [0.2, 0.25) is 5.91 Å². The number of hydrogen-bond acceptors (Lipinski definition) is 10. The van der Waals surface area contributed by atoms with Gasteiger partial charge in [-0.05, 0) is 44.9 Å². The predicted octanol–water partition coefficient (Wildman–Crippen LogP) is 1.98. The SMILES string of the molecule is C.C[C@H](N)C(=O)OCCCNC(=O)OCc1cccc2nnc([C@@H](COCc3ccccc3)NC(=O)C(C)(C)N)n12. The summed E-state index contributed by atoms with van der Waals surface area (Å²) in [6.45, 7) is 5.45. The molecule has 41 heavy (non-hydrogen) atoms. The van der Waals surface area contributed by atoms with E-state index in [9.17, 15) is 14.4 Å². The zero-order valence-electron chi connectivity index (χ0n) is 23.0. The Hall–Kier alpha value is -4.07. The predicted molar refractivity (Wildman–Crippen MR) is 152 cm³/mol. The number of pyridine rings is 1. The zero-order valence-corrected chi connectivity index (χ0v) is 23.0. The summed E-state index contributed by atoms with van der Waals surface area (Å²) in [6, 6.07) is 13.5. The molecule has 0 radical (unpaired) electrons. The lowest BCUT2D eigenvalue weighted by Gasteiger charge is -2.24. The number of carbonyl (C=O) groups is 3. The van der Waals surface area contributed by atoms with Crippen molar-refractivity contribution in [2.24, 2.45) is 11.5 Å². The summed E-state index contributed by atoms with van der Waals surface area (Å²) < 4.78 is 18.0. The van der Waals surface area contributed by atoms with Crippen molar-refractivity contribution in [3.63, 3.8) is 0 Å². The molecule has 0 aliphatic heterocycles. The van der Waals surface area contributed by atoms with Gasteiger partial charge in [-0.15, -0.1) is 10.2 Å². The first-order valence-corrected chi connectivity index (χ1v) is 12.9. The summed E-state index contributed by atoms with van der Waals surface area (Å²) in [6.07, 6.45) is -0.244. The number of fused-ring (bicyclic) bond motifs is 1. The van der Waals surface area contributed by atoms with E-state index in [-0.39, 0.29) is 33.8 Å². The number of alkyl carbamates (subject to hydrolysis) is 1. The van der Waals surface area contributed by atoms with E-state index < -0.39 is 35.6 Å². The number of esters is 1. The van der Waals surface area contributed by atoms with Crippen molar-refractivity contribution in [3.8, 4) is 0 Å². The van der Waals surface area contributed by atoms with Crippen molar-refractivity contribution in [2.75, 3.05) is 19.8 Å². The fraction of sp³-hybridized carbons (Fsp3) is 0.464. The maximum absolute atomic E-state index is 12.8. The van der Waals surface area contributed by atoms with Gasteiger partial charge in [0.25, 0.3) is 0 Å². The summed E-state index contributed by atoms with van der Waals surface area (Å²) >= 11 is 0. The number of nitrogens with one attached hydrogen (secondary N) is 2. The Bertz CT molecular complexity index is 1270. The lowest BCUT2D eigenvalue weighted by molar-refractivity contribution is -0.144. The van der Waals surface area contributed by atoms with Crippen LogP contribution in [0, 0.1) is 0 Å². The summed E-state index contributed by atoms with van der Waals surface area (Å²) in [5, 5.41) is 14.1. The lowest BCUT2D eigenvalue weighted by Crippen LogP contribution is -2.51. The van der Waals surface area contributed by atoms with E-state index in [1.54, 1.807) is 36.4 Å². The van der Waals surface area contributed by atoms with Crippen LogP contribution >= 0.6 is 0 Å². The first-order valence-electron chi connectivity index (χ1n) is 12.9. The van der Waals surface area contributed by atoms with Gasteiger partial charge in [-0.25, -0.2) is 4.79 Å². The Labute approximate surface area is 239 Å². The van der Waals surface area contributed by atoms with E-state index in [2.05, 4.69) is 20.8 Å². The standard InChI is InChI=1S/C27H37N7O6.CH4/c1-18(28)24(35)39-14-8-13-30-26(37)40-16-20-11-7-12-22-32-33-23(34(20)22)21(31-25(36)27(2,3)29)17-38-15-19-9-5-4-6-10-19;/h4-7,9-12,18,21H,8,13-17,28-29H2,1-3H3,(H,30,37)(H,31,36);1H4/t18-,21+;/m0./s1. The second kappa shape index (κ2) is 15.6. The minimum Gasteiger partial charge on any atom is -0.464 e. The number of benzene rings is 1. The first kappa shape index (κ1) is 33.1. The lowest BCUT2D eigenvalue weighted by atomic mass is 10.1. The summed E-state index contributed by atoms with van der Waals surface area (Å²) in [5.74, 6) is -0.496. The Balaban J connectivity index is 0.00000588. The van der Waals surface area contributed by atoms with Crippen LogP contribution in [0.1, 0.15) is 57.7 Å². The van der Waals surface area contributed by atoms with Gasteiger partial charge >= 0.3 is 12.1 Å². The molecule has 2 amide bonds. The molecule has 1 aromatic carbocycles. The number of hydrogen-bond donors (Lipinski definition) is 4. The van der Waals surface area contributed by atoms with Gasteiger partial charge in [-0.3, -0.25) is 14.0 Å². The fourth-order valence-electron chi connectivity index (χ4n) is 3.52. The number of nitrogens with zero attached hydrogens (tertiary/aromatic N) is 3.